The van der Waals surface area contributed by atoms with Gasteiger partial charge in [0, 0.05) is 15.1 Å². The molecule has 3 nitrogen and oxygen atoms in total. The maximum absolute atomic E-state index is 6.01. The number of aromatic amines is 1. The van der Waals surface area contributed by atoms with Gasteiger partial charge in [0.25, 0.3) is 0 Å². The number of fused-ring (bicyclic) bond motifs is 1. The Labute approximate surface area is 146 Å². The molecule has 0 saturated heterocycles. The van der Waals surface area contributed by atoms with Gasteiger partial charge in [-0.2, -0.15) is 0 Å². The van der Waals surface area contributed by atoms with Gasteiger partial charge in [-0.15, -0.1) is 0 Å². The van der Waals surface area contributed by atoms with E-state index < -0.39 is 0 Å². The van der Waals surface area contributed by atoms with Crippen molar-refractivity contribution in [3.63, 3.8) is 0 Å². The summed E-state index contributed by atoms with van der Waals surface area (Å²) in [5.41, 5.74) is 3.97. The van der Waals surface area contributed by atoms with Crippen LogP contribution in [0.15, 0.2) is 57.4 Å². The van der Waals surface area contributed by atoms with Crippen molar-refractivity contribution in [1.82, 2.24) is 9.97 Å². The maximum atomic E-state index is 6.01. The van der Waals surface area contributed by atoms with E-state index in [1.54, 1.807) is 0 Å². The van der Waals surface area contributed by atoms with Gasteiger partial charge in [0.05, 0.1) is 11.0 Å². The van der Waals surface area contributed by atoms with Crippen molar-refractivity contribution in [2.75, 3.05) is 0 Å². The number of rotatable bonds is 2. The Morgan fingerprint density at radius 2 is 1.87 bits per heavy atom. The summed E-state index contributed by atoms with van der Waals surface area (Å²) in [5, 5.41) is 0.679. The second-order valence-corrected chi connectivity index (χ2v) is 6.72. The molecule has 0 aliphatic rings. The van der Waals surface area contributed by atoms with Crippen LogP contribution in [0.3, 0.4) is 0 Å². The van der Waals surface area contributed by atoms with Crippen molar-refractivity contribution in [3.05, 3.63) is 63.6 Å². The number of halogens is 2. The van der Waals surface area contributed by atoms with E-state index in [1.165, 1.54) is 0 Å². The summed E-state index contributed by atoms with van der Waals surface area (Å²) in [6, 6.07) is 15.6. The third-order valence-corrected chi connectivity index (χ3v) is 4.47. The highest BCUT2D eigenvalue weighted by molar-refractivity contribution is 9.10. The van der Waals surface area contributed by atoms with Gasteiger partial charge in [-0.25, -0.2) is 4.98 Å². The Morgan fingerprint density at radius 3 is 2.70 bits per heavy atom. The van der Waals surface area contributed by atoms with Crippen molar-refractivity contribution in [3.8, 4) is 22.9 Å². The lowest BCUT2D eigenvalue weighted by Gasteiger charge is -2.02. The fourth-order valence-corrected chi connectivity index (χ4v) is 3.26. The molecule has 0 spiro atoms. The van der Waals surface area contributed by atoms with Crippen LogP contribution in [-0.2, 0) is 0 Å². The summed E-state index contributed by atoms with van der Waals surface area (Å²) in [4.78, 5) is 7.80. The molecule has 0 aliphatic heterocycles. The van der Waals surface area contributed by atoms with Gasteiger partial charge in [-0.3, -0.25) is 0 Å². The van der Waals surface area contributed by atoms with Gasteiger partial charge < -0.3 is 9.40 Å². The SMILES string of the molecule is Cc1cc(Br)ccc1-c1ccc(-c2nc3ccc(Cl)cc3[nH]2)o1. The molecular weight excluding hydrogens is 376 g/mol. The molecule has 2 aromatic carbocycles. The second-order valence-electron chi connectivity index (χ2n) is 5.37. The number of hydrogen-bond acceptors (Lipinski definition) is 2. The first kappa shape index (κ1) is 14.5. The molecule has 4 rings (SSSR count). The smallest absolute Gasteiger partial charge is 0.174 e. The van der Waals surface area contributed by atoms with E-state index in [4.69, 9.17) is 16.0 Å². The second kappa shape index (κ2) is 5.55. The Balaban J connectivity index is 1.76. The van der Waals surface area contributed by atoms with Gasteiger partial charge in [-0.1, -0.05) is 27.5 Å². The zero-order valence-corrected chi connectivity index (χ0v) is 14.6. The summed E-state index contributed by atoms with van der Waals surface area (Å²) < 4.78 is 7.05. The molecule has 0 aliphatic carbocycles. The van der Waals surface area contributed by atoms with Gasteiger partial charge in [0.15, 0.2) is 11.6 Å². The van der Waals surface area contributed by atoms with E-state index in [1.807, 2.05) is 42.5 Å². The van der Waals surface area contributed by atoms with E-state index in [2.05, 4.69) is 38.9 Å². The van der Waals surface area contributed by atoms with Crippen molar-refractivity contribution in [2.45, 2.75) is 6.92 Å². The lowest BCUT2D eigenvalue weighted by Crippen LogP contribution is -1.81. The topological polar surface area (TPSA) is 41.8 Å². The van der Waals surface area contributed by atoms with Gasteiger partial charge in [0.2, 0.25) is 0 Å². The molecule has 0 unspecified atom stereocenters. The first-order valence-corrected chi connectivity index (χ1v) is 8.29. The highest BCUT2D eigenvalue weighted by atomic mass is 79.9. The average molecular weight is 388 g/mol. The first-order chi connectivity index (χ1) is 11.1. The molecule has 5 heteroatoms. The Bertz CT molecular complexity index is 1020. The molecule has 0 fully saturated rings. The number of hydrogen-bond donors (Lipinski definition) is 1. The lowest BCUT2D eigenvalue weighted by atomic mass is 10.1. The molecule has 4 aromatic rings. The number of H-pyrrole nitrogens is 1. The maximum Gasteiger partial charge on any atom is 0.174 e. The quantitative estimate of drug-likeness (QED) is 0.444. The van der Waals surface area contributed by atoms with Crippen LogP contribution in [0.4, 0.5) is 0 Å². The van der Waals surface area contributed by atoms with Crippen LogP contribution in [0.5, 0.6) is 0 Å². The first-order valence-electron chi connectivity index (χ1n) is 7.12. The molecule has 0 saturated carbocycles. The normalized spacial score (nSPS) is 11.3. The zero-order chi connectivity index (χ0) is 16.0. The van der Waals surface area contributed by atoms with Crippen LogP contribution in [0.25, 0.3) is 33.9 Å². The van der Waals surface area contributed by atoms with E-state index in [0.717, 1.165) is 32.4 Å². The molecular formula is C18H12BrClN2O. The van der Waals surface area contributed by atoms with Crippen molar-refractivity contribution in [1.29, 1.82) is 0 Å². The Kier molecular flexibility index (Phi) is 3.51. The third-order valence-electron chi connectivity index (χ3n) is 3.74. The van der Waals surface area contributed by atoms with Crippen LogP contribution < -0.4 is 0 Å². The summed E-state index contributed by atoms with van der Waals surface area (Å²) in [6.07, 6.45) is 0. The van der Waals surface area contributed by atoms with Crippen molar-refractivity contribution >= 4 is 38.6 Å². The number of furan rings is 1. The Morgan fingerprint density at radius 1 is 1.04 bits per heavy atom. The van der Waals surface area contributed by atoms with Crippen molar-refractivity contribution in [2.24, 2.45) is 0 Å². The van der Waals surface area contributed by atoms with E-state index in [9.17, 15) is 0 Å². The third kappa shape index (κ3) is 2.69. The Hall–Kier alpha value is -2.04. The number of benzene rings is 2. The standard InChI is InChI=1S/C18H12BrClN2O/c1-10-8-11(19)2-4-13(10)16-6-7-17(23-16)18-21-14-5-3-12(20)9-15(14)22-18/h2-9H,1H3,(H,21,22). The fourth-order valence-electron chi connectivity index (χ4n) is 2.61. The molecule has 0 amide bonds. The number of aromatic nitrogens is 2. The molecule has 0 bridgehead atoms. The monoisotopic (exact) mass is 386 g/mol. The van der Waals surface area contributed by atoms with Gasteiger partial charge in [0.1, 0.15) is 5.76 Å². The van der Waals surface area contributed by atoms with Crippen molar-refractivity contribution < 1.29 is 4.42 Å². The summed E-state index contributed by atoms with van der Waals surface area (Å²) in [6.45, 7) is 2.06. The molecule has 23 heavy (non-hydrogen) atoms. The molecule has 2 aromatic heterocycles. The predicted octanol–water partition coefficient (Wildman–Crippen LogP) is 6.21. The van der Waals surface area contributed by atoms with Crippen LogP contribution in [0.2, 0.25) is 5.02 Å². The van der Waals surface area contributed by atoms with Crippen LogP contribution in [0, 0.1) is 6.92 Å². The number of aryl methyl sites for hydroxylation is 1. The van der Waals surface area contributed by atoms with E-state index >= 15 is 0 Å². The van der Waals surface area contributed by atoms with E-state index in [-0.39, 0.29) is 0 Å². The summed E-state index contributed by atoms with van der Waals surface area (Å²) in [5.74, 6) is 2.22. The summed E-state index contributed by atoms with van der Waals surface area (Å²) >= 11 is 9.49. The van der Waals surface area contributed by atoms with Crippen LogP contribution in [-0.4, -0.2) is 9.97 Å². The predicted molar refractivity (Wildman–Crippen MR) is 96.7 cm³/mol. The molecule has 0 atom stereocenters. The average Bonchev–Trinajstić information content (AvgIpc) is 3.12. The van der Waals surface area contributed by atoms with Crippen LogP contribution >= 0.6 is 27.5 Å². The van der Waals surface area contributed by atoms with E-state index in [0.29, 0.717) is 16.6 Å². The lowest BCUT2D eigenvalue weighted by molar-refractivity contribution is 0.593. The fraction of sp³-hybridized carbons (Fsp3) is 0.0556. The minimum Gasteiger partial charge on any atom is -0.453 e. The van der Waals surface area contributed by atoms with Gasteiger partial charge in [-0.05, 0) is 61.0 Å². The molecule has 1 N–H and O–H groups in total. The molecule has 0 radical (unpaired) electrons. The minimum atomic E-state index is 0.679. The molecule has 114 valence electrons. The minimum absolute atomic E-state index is 0.679. The zero-order valence-electron chi connectivity index (χ0n) is 12.2. The number of nitrogens with one attached hydrogen (secondary N) is 1. The highest BCUT2D eigenvalue weighted by Crippen LogP contribution is 2.31. The van der Waals surface area contributed by atoms with Crippen LogP contribution in [0.1, 0.15) is 5.56 Å². The number of nitrogens with zero attached hydrogens (tertiary/aromatic N) is 1. The highest BCUT2D eigenvalue weighted by Gasteiger charge is 2.12. The van der Waals surface area contributed by atoms with Gasteiger partial charge >= 0.3 is 0 Å². The molecule has 2 heterocycles. The summed E-state index contributed by atoms with van der Waals surface area (Å²) in [7, 11) is 0. The largest absolute Gasteiger partial charge is 0.453 e. The number of imidazole rings is 1.